The van der Waals surface area contributed by atoms with Gasteiger partial charge < -0.3 is 15.0 Å². The summed E-state index contributed by atoms with van der Waals surface area (Å²) in [6.07, 6.45) is 0. The predicted molar refractivity (Wildman–Crippen MR) is 89.4 cm³/mol. The topological polar surface area (TPSA) is 24.5 Å². The van der Waals surface area contributed by atoms with Crippen LogP contribution in [-0.2, 0) is 0 Å². The summed E-state index contributed by atoms with van der Waals surface area (Å²) in [5, 5.41) is 3.62. The van der Waals surface area contributed by atoms with Crippen molar-refractivity contribution in [2.24, 2.45) is 5.92 Å². The van der Waals surface area contributed by atoms with E-state index in [1.54, 1.807) is 7.11 Å². The molecule has 2 atom stereocenters. The van der Waals surface area contributed by atoms with E-state index in [9.17, 15) is 0 Å². The number of methoxy groups -OCH3 is 1. The van der Waals surface area contributed by atoms with Crippen molar-refractivity contribution in [2.45, 2.75) is 32.9 Å². The zero-order valence-corrected chi connectivity index (χ0v) is 15.0. The Morgan fingerprint density at radius 1 is 1.25 bits per heavy atom. The van der Waals surface area contributed by atoms with Gasteiger partial charge in [-0.25, -0.2) is 0 Å². The van der Waals surface area contributed by atoms with Crippen LogP contribution in [0.4, 0.5) is 0 Å². The Kier molecular flexibility index (Phi) is 7.00. The number of benzene rings is 1. The third-order valence-corrected chi connectivity index (χ3v) is 4.36. The molecule has 0 aromatic heterocycles. The maximum absolute atomic E-state index is 5.27. The molecule has 1 N–H and O–H groups in total. The normalized spacial score (nSPS) is 14.7. The Bertz CT molecular complexity index is 413. The lowest BCUT2D eigenvalue weighted by Crippen LogP contribution is -2.42. The molecule has 0 saturated carbocycles. The molecule has 0 aliphatic heterocycles. The number of hydrogen-bond donors (Lipinski definition) is 1. The van der Waals surface area contributed by atoms with Crippen LogP contribution >= 0.6 is 15.9 Å². The quantitative estimate of drug-likeness (QED) is 0.817. The van der Waals surface area contributed by atoms with E-state index < -0.39 is 0 Å². The molecule has 0 radical (unpaired) electrons. The lowest BCUT2D eigenvalue weighted by molar-refractivity contribution is 0.220. The first-order chi connectivity index (χ1) is 9.36. The minimum Gasteiger partial charge on any atom is -0.496 e. The highest BCUT2D eigenvalue weighted by Gasteiger charge is 2.17. The van der Waals surface area contributed by atoms with Gasteiger partial charge in [0, 0.05) is 18.6 Å². The van der Waals surface area contributed by atoms with E-state index in [4.69, 9.17) is 4.74 Å². The Hall–Kier alpha value is -0.580. The summed E-state index contributed by atoms with van der Waals surface area (Å²) in [5.41, 5.74) is 1.26. The summed E-state index contributed by atoms with van der Waals surface area (Å²) < 4.78 is 6.27. The van der Waals surface area contributed by atoms with Crippen molar-refractivity contribution < 1.29 is 4.74 Å². The first-order valence-electron chi connectivity index (χ1n) is 7.10. The fraction of sp³-hybridized carbons (Fsp3) is 0.625. The van der Waals surface area contributed by atoms with Crippen LogP contribution < -0.4 is 10.1 Å². The molecule has 0 aliphatic rings. The zero-order chi connectivity index (χ0) is 15.3. The molecule has 1 rings (SSSR count). The number of nitrogens with one attached hydrogen (secondary N) is 1. The largest absolute Gasteiger partial charge is 0.496 e. The van der Waals surface area contributed by atoms with Gasteiger partial charge in [-0.05, 0) is 60.6 Å². The molecule has 4 heteroatoms. The second-order valence-electron chi connectivity index (χ2n) is 5.80. The lowest BCUT2D eigenvalue weighted by atomic mass is 10.0. The summed E-state index contributed by atoms with van der Waals surface area (Å²) >= 11 is 3.54. The molecule has 0 bridgehead atoms. The van der Waals surface area contributed by atoms with E-state index >= 15 is 0 Å². The van der Waals surface area contributed by atoms with Gasteiger partial charge in [0.1, 0.15) is 5.75 Å². The maximum Gasteiger partial charge on any atom is 0.133 e. The van der Waals surface area contributed by atoms with Gasteiger partial charge >= 0.3 is 0 Å². The standard InChI is InChI=1S/C16H27BrN2O/c1-11(2)15(19(4)5)10-18-12(3)13-7-8-16(20-6)14(17)9-13/h7-9,11-12,15,18H,10H2,1-6H3. The predicted octanol–water partition coefficient (Wildman–Crippen LogP) is 3.69. The van der Waals surface area contributed by atoms with Crippen LogP contribution in [0.15, 0.2) is 22.7 Å². The van der Waals surface area contributed by atoms with Gasteiger partial charge in [0.15, 0.2) is 0 Å². The Balaban J connectivity index is 2.66. The van der Waals surface area contributed by atoms with Gasteiger partial charge in [-0.1, -0.05) is 19.9 Å². The summed E-state index contributed by atoms with van der Waals surface area (Å²) in [7, 11) is 5.97. The van der Waals surface area contributed by atoms with Crippen LogP contribution in [0.1, 0.15) is 32.4 Å². The SMILES string of the molecule is COc1ccc(C(C)NCC(C(C)C)N(C)C)cc1Br. The number of nitrogens with zero attached hydrogens (tertiary/aromatic N) is 1. The van der Waals surface area contributed by atoms with Crippen LogP contribution in [-0.4, -0.2) is 38.7 Å². The first-order valence-corrected chi connectivity index (χ1v) is 7.89. The Morgan fingerprint density at radius 2 is 1.90 bits per heavy atom. The van der Waals surface area contributed by atoms with E-state index in [1.165, 1.54) is 5.56 Å². The fourth-order valence-corrected chi connectivity index (χ4v) is 2.94. The van der Waals surface area contributed by atoms with Gasteiger partial charge in [0.2, 0.25) is 0 Å². The first kappa shape index (κ1) is 17.5. The maximum atomic E-state index is 5.27. The van der Waals surface area contributed by atoms with Crippen molar-refractivity contribution in [3.05, 3.63) is 28.2 Å². The van der Waals surface area contributed by atoms with Crippen molar-refractivity contribution in [2.75, 3.05) is 27.7 Å². The van der Waals surface area contributed by atoms with E-state index in [-0.39, 0.29) is 0 Å². The van der Waals surface area contributed by atoms with Crippen molar-refractivity contribution in [3.8, 4) is 5.75 Å². The second kappa shape index (κ2) is 8.01. The molecular weight excluding hydrogens is 316 g/mol. The molecule has 0 saturated heterocycles. The molecule has 20 heavy (non-hydrogen) atoms. The van der Waals surface area contributed by atoms with Gasteiger partial charge in [-0.3, -0.25) is 0 Å². The number of rotatable bonds is 7. The smallest absolute Gasteiger partial charge is 0.133 e. The average Bonchev–Trinajstić information content (AvgIpc) is 2.37. The van der Waals surface area contributed by atoms with E-state index in [2.05, 4.69) is 73.1 Å². The fourth-order valence-electron chi connectivity index (χ4n) is 2.38. The number of likely N-dealkylation sites (N-methyl/N-ethyl adjacent to an activating group) is 1. The summed E-state index contributed by atoms with van der Waals surface area (Å²) in [4.78, 5) is 2.29. The molecule has 114 valence electrons. The molecule has 2 unspecified atom stereocenters. The highest BCUT2D eigenvalue weighted by Crippen LogP contribution is 2.28. The molecule has 0 aliphatic carbocycles. The van der Waals surface area contributed by atoms with Crippen LogP contribution in [0.3, 0.4) is 0 Å². The summed E-state index contributed by atoms with van der Waals surface area (Å²) in [6, 6.07) is 7.10. The number of ether oxygens (including phenoxy) is 1. The van der Waals surface area contributed by atoms with Gasteiger partial charge in [-0.15, -0.1) is 0 Å². The van der Waals surface area contributed by atoms with Crippen LogP contribution in [0.25, 0.3) is 0 Å². The molecule has 1 aromatic rings. The van der Waals surface area contributed by atoms with E-state index in [0.717, 1.165) is 16.8 Å². The summed E-state index contributed by atoms with van der Waals surface area (Å²) in [5.74, 6) is 1.50. The highest BCUT2D eigenvalue weighted by molar-refractivity contribution is 9.10. The van der Waals surface area contributed by atoms with Crippen LogP contribution in [0.5, 0.6) is 5.75 Å². The number of hydrogen-bond acceptors (Lipinski definition) is 3. The lowest BCUT2D eigenvalue weighted by Gasteiger charge is -2.29. The van der Waals surface area contributed by atoms with Crippen molar-refractivity contribution >= 4 is 15.9 Å². The van der Waals surface area contributed by atoms with Crippen molar-refractivity contribution in [1.29, 1.82) is 0 Å². The molecule has 1 aromatic carbocycles. The Labute approximate surface area is 131 Å². The molecule has 3 nitrogen and oxygen atoms in total. The monoisotopic (exact) mass is 342 g/mol. The summed E-state index contributed by atoms with van der Waals surface area (Å²) in [6.45, 7) is 7.71. The van der Waals surface area contributed by atoms with E-state index in [0.29, 0.717) is 18.0 Å². The van der Waals surface area contributed by atoms with Crippen molar-refractivity contribution in [3.63, 3.8) is 0 Å². The van der Waals surface area contributed by atoms with Gasteiger partial charge in [-0.2, -0.15) is 0 Å². The van der Waals surface area contributed by atoms with Gasteiger partial charge in [0.25, 0.3) is 0 Å². The third kappa shape index (κ3) is 4.76. The minimum absolute atomic E-state index is 0.318. The van der Waals surface area contributed by atoms with E-state index in [1.807, 2.05) is 6.07 Å². The average molecular weight is 343 g/mol. The molecule has 0 fully saturated rings. The van der Waals surface area contributed by atoms with Gasteiger partial charge in [0.05, 0.1) is 11.6 Å². The zero-order valence-electron chi connectivity index (χ0n) is 13.4. The molecular formula is C16H27BrN2O. The second-order valence-corrected chi connectivity index (χ2v) is 6.65. The minimum atomic E-state index is 0.318. The Morgan fingerprint density at radius 3 is 2.35 bits per heavy atom. The van der Waals surface area contributed by atoms with Crippen LogP contribution in [0.2, 0.25) is 0 Å². The third-order valence-electron chi connectivity index (χ3n) is 3.74. The molecule has 0 heterocycles. The highest BCUT2D eigenvalue weighted by atomic mass is 79.9. The van der Waals surface area contributed by atoms with Crippen molar-refractivity contribution in [1.82, 2.24) is 10.2 Å². The van der Waals surface area contributed by atoms with Crippen LogP contribution in [0, 0.1) is 5.92 Å². The molecule has 0 spiro atoms. The number of halogens is 1. The molecule has 0 amide bonds.